The average molecular weight is 233 g/mol. The maximum atomic E-state index is 12.2. The van der Waals surface area contributed by atoms with Gasteiger partial charge in [-0.1, -0.05) is 25.1 Å². The predicted octanol–water partition coefficient (Wildman–Crippen LogP) is 3.07. The molecular formula is C13H15NOS. The average Bonchev–Trinajstić information content (AvgIpc) is 2.72. The molecule has 84 valence electrons. The first-order valence-corrected chi connectivity index (χ1v) is 6.32. The second-order valence-electron chi connectivity index (χ2n) is 3.99. The molecule has 16 heavy (non-hydrogen) atoms. The second kappa shape index (κ2) is 4.76. The summed E-state index contributed by atoms with van der Waals surface area (Å²) in [5.74, 6) is 0.228. The van der Waals surface area contributed by atoms with Crippen molar-refractivity contribution < 1.29 is 4.79 Å². The van der Waals surface area contributed by atoms with Crippen molar-refractivity contribution in [1.82, 2.24) is 0 Å². The third kappa shape index (κ3) is 2.01. The highest BCUT2D eigenvalue weighted by Crippen LogP contribution is 2.27. The van der Waals surface area contributed by atoms with Gasteiger partial charge >= 0.3 is 0 Å². The molecule has 1 aromatic carbocycles. The first-order chi connectivity index (χ1) is 7.74. The van der Waals surface area contributed by atoms with Crippen LogP contribution in [0.1, 0.15) is 23.7 Å². The number of carbonyl (C=O) groups is 1. The van der Waals surface area contributed by atoms with Gasteiger partial charge in [0.1, 0.15) is 0 Å². The minimum Gasteiger partial charge on any atom is -0.330 e. The summed E-state index contributed by atoms with van der Waals surface area (Å²) in [4.78, 5) is 12.2. The largest absolute Gasteiger partial charge is 0.330 e. The van der Waals surface area contributed by atoms with Crippen molar-refractivity contribution in [1.29, 1.82) is 0 Å². The van der Waals surface area contributed by atoms with Crippen LogP contribution < -0.4 is 5.73 Å². The first kappa shape index (κ1) is 11.3. The predicted molar refractivity (Wildman–Crippen MR) is 69.0 cm³/mol. The molecule has 2 aromatic rings. The molecule has 0 spiro atoms. The van der Waals surface area contributed by atoms with Crippen molar-refractivity contribution in [3.05, 3.63) is 35.2 Å². The molecule has 1 aromatic heterocycles. The van der Waals surface area contributed by atoms with E-state index in [4.69, 9.17) is 5.73 Å². The molecule has 2 rings (SSSR count). The van der Waals surface area contributed by atoms with E-state index in [1.807, 2.05) is 36.6 Å². The fourth-order valence-electron chi connectivity index (χ4n) is 1.82. The van der Waals surface area contributed by atoms with Crippen LogP contribution in [0.2, 0.25) is 0 Å². The SMILES string of the molecule is CC(CCN)C(=O)c1csc2ccccc12. The normalized spacial score (nSPS) is 12.9. The maximum Gasteiger partial charge on any atom is 0.167 e. The van der Waals surface area contributed by atoms with Crippen LogP contribution in [0.25, 0.3) is 10.1 Å². The smallest absolute Gasteiger partial charge is 0.167 e. The summed E-state index contributed by atoms with van der Waals surface area (Å²) in [6, 6.07) is 8.02. The van der Waals surface area contributed by atoms with Crippen molar-refractivity contribution in [3.8, 4) is 0 Å². The topological polar surface area (TPSA) is 43.1 Å². The highest BCUT2D eigenvalue weighted by atomic mass is 32.1. The van der Waals surface area contributed by atoms with Crippen LogP contribution in [0.4, 0.5) is 0 Å². The van der Waals surface area contributed by atoms with Gasteiger partial charge in [0.25, 0.3) is 0 Å². The number of thiophene rings is 1. The summed E-state index contributed by atoms with van der Waals surface area (Å²) in [6.45, 7) is 2.51. The Morgan fingerprint density at radius 1 is 1.44 bits per heavy atom. The zero-order chi connectivity index (χ0) is 11.5. The number of ketones is 1. The minimum atomic E-state index is 0.0167. The number of fused-ring (bicyclic) bond motifs is 1. The molecule has 0 aliphatic heterocycles. The molecule has 1 heterocycles. The molecule has 1 unspecified atom stereocenters. The highest BCUT2D eigenvalue weighted by molar-refractivity contribution is 7.17. The van der Waals surface area contributed by atoms with Crippen molar-refractivity contribution >= 4 is 27.2 Å². The number of Topliss-reactive ketones (excluding diaryl/α,β-unsaturated/α-hetero) is 1. The Hall–Kier alpha value is -1.19. The number of hydrogen-bond acceptors (Lipinski definition) is 3. The van der Waals surface area contributed by atoms with Gasteiger partial charge in [0, 0.05) is 26.9 Å². The van der Waals surface area contributed by atoms with Gasteiger partial charge in [0.2, 0.25) is 0 Å². The summed E-state index contributed by atoms with van der Waals surface area (Å²) >= 11 is 1.63. The summed E-state index contributed by atoms with van der Waals surface area (Å²) in [7, 11) is 0. The molecule has 1 atom stereocenters. The van der Waals surface area contributed by atoms with E-state index in [1.54, 1.807) is 11.3 Å². The minimum absolute atomic E-state index is 0.0167. The number of benzene rings is 1. The molecule has 0 saturated heterocycles. The lowest BCUT2D eigenvalue weighted by Gasteiger charge is -2.07. The molecule has 2 nitrogen and oxygen atoms in total. The standard InChI is InChI=1S/C13H15NOS/c1-9(6-7-14)13(15)11-8-16-12-5-3-2-4-10(11)12/h2-5,8-9H,6-7,14H2,1H3. The van der Waals surface area contributed by atoms with E-state index in [0.29, 0.717) is 6.54 Å². The molecule has 2 N–H and O–H groups in total. The van der Waals surface area contributed by atoms with Gasteiger partial charge in [-0.05, 0) is 19.0 Å². The fraction of sp³-hybridized carbons (Fsp3) is 0.308. The van der Waals surface area contributed by atoms with E-state index in [9.17, 15) is 4.79 Å². The van der Waals surface area contributed by atoms with E-state index >= 15 is 0 Å². The Morgan fingerprint density at radius 3 is 2.94 bits per heavy atom. The van der Waals surface area contributed by atoms with Crippen LogP contribution in [0.15, 0.2) is 29.6 Å². The maximum absolute atomic E-state index is 12.2. The van der Waals surface area contributed by atoms with Gasteiger partial charge < -0.3 is 5.73 Å². The molecular weight excluding hydrogens is 218 g/mol. The van der Waals surface area contributed by atoms with Gasteiger partial charge in [-0.15, -0.1) is 11.3 Å². The number of nitrogens with two attached hydrogens (primary N) is 1. The zero-order valence-corrected chi connectivity index (χ0v) is 10.1. The first-order valence-electron chi connectivity index (χ1n) is 5.44. The van der Waals surface area contributed by atoms with E-state index in [1.165, 1.54) is 4.70 Å². The summed E-state index contributed by atoms with van der Waals surface area (Å²) in [5, 5.41) is 3.03. The second-order valence-corrected chi connectivity index (χ2v) is 4.90. The summed E-state index contributed by atoms with van der Waals surface area (Å²) in [6.07, 6.45) is 0.753. The van der Waals surface area contributed by atoms with Crippen LogP contribution in [0.3, 0.4) is 0 Å². The van der Waals surface area contributed by atoms with Gasteiger partial charge in [-0.3, -0.25) is 4.79 Å². The third-order valence-electron chi connectivity index (χ3n) is 2.79. The van der Waals surface area contributed by atoms with E-state index < -0.39 is 0 Å². The number of carbonyl (C=O) groups excluding carboxylic acids is 1. The molecule has 0 aliphatic carbocycles. The Kier molecular flexibility index (Phi) is 3.36. The third-order valence-corrected chi connectivity index (χ3v) is 3.76. The van der Waals surface area contributed by atoms with Crippen molar-refractivity contribution in [2.75, 3.05) is 6.54 Å². The van der Waals surface area contributed by atoms with Crippen LogP contribution >= 0.6 is 11.3 Å². The molecule has 0 bridgehead atoms. The van der Waals surface area contributed by atoms with E-state index in [-0.39, 0.29) is 11.7 Å². The quantitative estimate of drug-likeness (QED) is 0.825. The van der Waals surface area contributed by atoms with Gasteiger partial charge in [0.05, 0.1) is 0 Å². The molecule has 0 amide bonds. The summed E-state index contributed by atoms with van der Waals surface area (Å²) in [5.41, 5.74) is 6.33. The molecule has 3 heteroatoms. The van der Waals surface area contributed by atoms with Crippen LogP contribution in [-0.4, -0.2) is 12.3 Å². The zero-order valence-electron chi connectivity index (χ0n) is 9.27. The molecule has 0 radical (unpaired) electrons. The Morgan fingerprint density at radius 2 is 2.19 bits per heavy atom. The van der Waals surface area contributed by atoms with Crippen LogP contribution in [-0.2, 0) is 0 Å². The van der Waals surface area contributed by atoms with Crippen molar-refractivity contribution in [2.24, 2.45) is 11.7 Å². The Balaban J connectivity index is 2.36. The van der Waals surface area contributed by atoms with Crippen molar-refractivity contribution in [3.63, 3.8) is 0 Å². The lowest BCUT2D eigenvalue weighted by atomic mass is 9.96. The van der Waals surface area contributed by atoms with Gasteiger partial charge in [-0.25, -0.2) is 0 Å². The number of hydrogen-bond donors (Lipinski definition) is 1. The fourth-order valence-corrected chi connectivity index (χ4v) is 2.77. The highest BCUT2D eigenvalue weighted by Gasteiger charge is 2.17. The van der Waals surface area contributed by atoms with Crippen molar-refractivity contribution in [2.45, 2.75) is 13.3 Å². The molecule has 0 aliphatic rings. The Labute approximate surface area is 99.1 Å². The lowest BCUT2D eigenvalue weighted by Crippen LogP contribution is -2.15. The molecule has 0 fully saturated rings. The van der Waals surface area contributed by atoms with Gasteiger partial charge in [0.15, 0.2) is 5.78 Å². The van der Waals surface area contributed by atoms with Gasteiger partial charge in [-0.2, -0.15) is 0 Å². The summed E-state index contributed by atoms with van der Waals surface area (Å²) < 4.78 is 1.17. The van der Waals surface area contributed by atoms with Crippen LogP contribution in [0, 0.1) is 5.92 Å². The van der Waals surface area contributed by atoms with E-state index in [0.717, 1.165) is 17.4 Å². The Bertz CT molecular complexity index is 503. The monoisotopic (exact) mass is 233 g/mol. The van der Waals surface area contributed by atoms with Crippen LogP contribution in [0.5, 0.6) is 0 Å². The number of rotatable bonds is 4. The van der Waals surface area contributed by atoms with E-state index in [2.05, 4.69) is 0 Å². The molecule has 0 saturated carbocycles. The lowest BCUT2D eigenvalue weighted by molar-refractivity contribution is 0.0927.